The number of hydrogen-bond acceptors (Lipinski definition) is 5. The molecule has 4 aromatic rings. The van der Waals surface area contributed by atoms with Crippen LogP contribution >= 0.6 is 11.8 Å². The number of amides is 1. The maximum Gasteiger partial charge on any atom is 0.234 e. The van der Waals surface area contributed by atoms with Gasteiger partial charge in [-0.2, -0.15) is 0 Å². The molecule has 1 aromatic heterocycles. The molecule has 0 aliphatic heterocycles. The van der Waals surface area contributed by atoms with E-state index in [0.717, 1.165) is 28.1 Å². The van der Waals surface area contributed by atoms with Crippen LogP contribution in [0.4, 0.5) is 5.69 Å². The highest BCUT2D eigenvalue weighted by Crippen LogP contribution is 2.22. The van der Waals surface area contributed by atoms with Gasteiger partial charge in [-0.15, -0.1) is 10.2 Å². The van der Waals surface area contributed by atoms with Crippen LogP contribution in [0.3, 0.4) is 0 Å². The standard InChI is InChI=1S/C26H26N4O2S/c1-19-10-9-15-23(20(19)2)27-25(31)18-33-26-29-28-24(17-32-22-13-7-4-8-14-22)30(26)16-21-11-5-3-6-12-21/h3-15H,16-18H2,1-2H3,(H,27,31). The number of ether oxygens (including phenoxy) is 1. The van der Waals surface area contributed by atoms with E-state index < -0.39 is 0 Å². The number of anilines is 1. The smallest absolute Gasteiger partial charge is 0.234 e. The van der Waals surface area contributed by atoms with Crippen LogP contribution in [0.1, 0.15) is 22.5 Å². The number of nitrogens with zero attached hydrogens (tertiary/aromatic N) is 3. The van der Waals surface area contributed by atoms with Gasteiger partial charge < -0.3 is 10.1 Å². The number of hydrogen-bond donors (Lipinski definition) is 1. The van der Waals surface area contributed by atoms with Gasteiger partial charge in [0, 0.05) is 5.69 Å². The van der Waals surface area contributed by atoms with Crippen molar-refractivity contribution in [2.24, 2.45) is 0 Å². The van der Waals surface area contributed by atoms with Crippen molar-refractivity contribution in [3.63, 3.8) is 0 Å². The molecule has 0 unspecified atom stereocenters. The molecule has 6 nitrogen and oxygen atoms in total. The van der Waals surface area contributed by atoms with E-state index in [9.17, 15) is 4.79 Å². The van der Waals surface area contributed by atoms with Gasteiger partial charge in [0.2, 0.25) is 5.91 Å². The van der Waals surface area contributed by atoms with Crippen LogP contribution < -0.4 is 10.1 Å². The second kappa shape index (κ2) is 10.8. The Kier molecular flexibility index (Phi) is 7.42. The summed E-state index contributed by atoms with van der Waals surface area (Å²) in [5.74, 6) is 1.64. The summed E-state index contributed by atoms with van der Waals surface area (Å²) in [6, 6.07) is 25.6. The number of aromatic nitrogens is 3. The first-order chi connectivity index (χ1) is 16.1. The quantitative estimate of drug-likeness (QED) is 0.347. The predicted octanol–water partition coefficient (Wildman–Crippen LogP) is 5.25. The lowest BCUT2D eigenvalue weighted by Crippen LogP contribution is -2.16. The molecule has 0 aliphatic rings. The molecule has 0 saturated heterocycles. The number of carbonyl (C=O) groups is 1. The molecule has 33 heavy (non-hydrogen) atoms. The van der Waals surface area contributed by atoms with Crippen molar-refractivity contribution in [3.05, 3.63) is 101 Å². The summed E-state index contributed by atoms with van der Waals surface area (Å²) in [6.45, 7) is 4.93. The Balaban J connectivity index is 1.47. The van der Waals surface area contributed by atoms with Crippen LogP contribution in [0.15, 0.2) is 84.0 Å². The third kappa shape index (κ3) is 6.02. The number of rotatable bonds is 9. The van der Waals surface area contributed by atoms with Crippen molar-refractivity contribution in [2.75, 3.05) is 11.1 Å². The van der Waals surface area contributed by atoms with Crippen molar-refractivity contribution in [1.82, 2.24) is 14.8 Å². The molecule has 168 valence electrons. The average Bonchev–Trinajstić information content (AvgIpc) is 3.22. The molecular formula is C26H26N4O2S. The van der Waals surface area contributed by atoms with E-state index in [1.165, 1.54) is 11.8 Å². The Hall–Kier alpha value is -3.58. The highest BCUT2D eigenvalue weighted by Gasteiger charge is 2.16. The molecule has 0 radical (unpaired) electrons. The first-order valence-electron chi connectivity index (χ1n) is 10.7. The van der Waals surface area contributed by atoms with Gasteiger partial charge in [-0.05, 0) is 48.7 Å². The van der Waals surface area contributed by atoms with Gasteiger partial charge in [-0.1, -0.05) is 72.4 Å². The van der Waals surface area contributed by atoms with Crippen LogP contribution in [0, 0.1) is 13.8 Å². The highest BCUT2D eigenvalue weighted by atomic mass is 32.2. The minimum absolute atomic E-state index is 0.0787. The summed E-state index contributed by atoms with van der Waals surface area (Å²) in [6.07, 6.45) is 0. The van der Waals surface area contributed by atoms with Gasteiger partial charge in [0.15, 0.2) is 11.0 Å². The SMILES string of the molecule is Cc1cccc(NC(=O)CSc2nnc(COc3ccccc3)n2Cc2ccccc2)c1C. The molecule has 0 spiro atoms. The van der Waals surface area contributed by atoms with E-state index >= 15 is 0 Å². The van der Waals surface area contributed by atoms with Gasteiger partial charge in [0.1, 0.15) is 12.4 Å². The van der Waals surface area contributed by atoms with Crippen molar-refractivity contribution in [3.8, 4) is 5.75 Å². The average molecular weight is 459 g/mol. The summed E-state index contributed by atoms with van der Waals surface area (Å²) in [5, 5.41) is 12.4. The molecule has 0 fully saturated rings. The van der Waals surface area contributed by atoms with E-state index in [2.05, 4.69) is 27.6 Å². The zero-order valence-corrected chi connectivity index (χ0v) is 19.5. The van der Waals surface area contributed by atoms with Crippen molar-refractivity contribution in [1.29, 1.82) is 0 Å². The minimum Gasteiger partial charge on any atom is -0.486 e. The fourth-order valence-electron chi connectivity index (χ4n) is 3.32. The van der Waals surface area contributed by atoms with Crippen molar-refractivity contribution < 1.29 is 9.53 Å². The summed E-state index contributed by atoms with van der Waals surface area (Å²) in [4.78, 5) is 12.6. The van der Waals surface area contributed by atoms with Gasteiger partial charge in [-0.3, -0.25) is 9.36 Å². The lowest BCUT2D eigenvalue weighted by molar-refractivity contribution is -0.113. The van der Waals surface area contributed by atoms with Crippen molar-refractivity contribution in [2.45, 2.75) is 32.2 Å². The Morgan fingerprint density at radius 1 is 0.939 bits per heavy atom. The maximum absolute atomic E-state index is 12.6. The van der Waals surface area contributed by atoms with Crippen molar-refractivity contribution >= 4 is 23.4 Å². The van der Waals surface area contributed by atoms with Gasteiger partial charge >= 0.3 is 0 Å². The fraction of sp³-hybridized carbons (Fsp3) is 0.192. The van der Waals surface area contributed by atoms with E-state index in [-0.39, 0.29) is 11.7 Å². The van der Waals surface area contributed by atoms with E-state index in [1.54, 1.807) is 0 Å². The van der Waals surface area contributed by atoms with E-state index in [0.29, 0.717) is 24.1 Å². The zero-order valence-electron chi connectivity index (χ0n) is 18.7. The number of carbonyl (C=O) groups excluding carboxylic acids is 1. The third-order valence-corrected chi connectivity index (χ3v) is 6.27. The monoisotopic (exact) mass is 458 g/mol. The Labute approximate surface area is 198 Å². The normalized spacial score (nSPS) is 10.7. The highest BCUT2D eigenvalue weighted by molar-refractivity contribution is 7.99. The Bertz CT molecular complexity index is 1210. The first kappa shape index (κ1) is 22.6. The van der Waals surface area contributed by atoms with Crippen LogP contribution in [-0.4, -0.2) is 26.4 Å². The van der Waals surface area contributed by atoms with Crippen LogP contribution in [0.25, 0.3) is 0 Å². The Morgan fingerprint density at radius 3 is 2.42 bits per heavy atom. The van der Waals surface area contributed by atoms with E-state index in [1.807, 2.05) is 85.1 Å². The number of aryl methyl sites for hydroxylation is 1. The van der Waals surface area contributed by atoms with E-state index in [4.69, 9.17) is 4.74 Å². The molecule has 0 bridgehead atoms. The lowest BCUT2D eigenvalue weighted by atomic mass is 10.1. The molecule has 1 heterocycles. The van der Waals surface area contributed by atoms with Crippen LogP contribution in [0.5, 0.6) is 5.75 Å². The lowest BCUT2D eigenvalue weighted by Gasteiger charge is -2.12. The minimum atomic E-state index is -0.0787. The second-order valence-corrected chi connectivity index (χ2v) is 8.60. The maximum atomic E-state index is 12.6. The molecule has 0 atom stereocenters. The fourth-order valence-corrected chi connectivity index (χ4v) is 4.08. The third-order valence-electron chi connectivity index (χ3n) is 5.30. The number of benzene rings is 3. The largest absolute Gasteiger partial charge is 0.486 e. The molecule has 1 N–H and O–H groups in total. The number of nitrogens with one attached hydrogen (secondary N) is 1. The predicted molar refractivity (Wildman–Crippen MR) is 132 cm³/mol. The Morgan fingerprint density at radius 2 is 1.67 bits per heavy atom. The second-order valence-electron chi connectivity index (χ2n) is 7.66. The summed E-state index contributed by atoms with van der Waals surface area (Å²) in [5.41, 5.74) is 4.18. The summed E-state index contributed by atoms with van der Waals surface area (Å²) < 4.78 is 7.91. The number of para-hydroxylation sites is 1. The molecule has 3 aromatic carbocycles. The number of thioether (sulfide) groups is 1. The zero-order chi connectivity index (χ0) is 23.0. The first-order valence-corrected chi connectivity index (χ1v) is 11.7. The van der Waals surface area contributed by atoms with Gasteiger partial charge in [0.05, 0.1) is 12.3 Å². The molecule has 4 rings (SSSR count). The molecule has 1 amide bonds. The van der Waals surface area contributed by atoms with Gasteiger partial charge in [-0.25, -0.2) is 0 Å². The molecule has 0 aliphatic carbocycles. The topological polar surface area (TPSA) is 69.0 Å². The summed E-state index contributed by atoms with van der Waals surface area (Å²) in [7, 11) is 0. The van der Waals surface area contributed by atoms with Crippen LogP contribution in [-0.2, 0) is 17.9 Å². The molecular weight excluding hydrogens is 432 g/mol. The van der Waals surface area contributed by atoms with Gasteiger partial charge in [0.25, 0.3) is 0 Å². The van der Waals surface area contributed by atoms with Crippen LogP contribution in [0.2, 0.25) is 0 Å². The molecule has 0 saturated carbocycles. The molecule has 7 heteroatoms. The summed E-state index contributed by atoms with van der Waals surface area (Å²) >= 11 is 1.37.